The molecule has 0 amide bonds. The predicted molar refractivity (Wildman–Crippen MR) is 74.1 cm³/mol. The first-order valence-corrected chi connectivity index (χ1v) is 7.25. The second kappa shape index (κ2) is 5.06. The Morgan fingerprint density at radius 3 is 1.83 bits per heavy atom. The maximum Gasteiger partial charge on any atom is 0.488 e. The van der Waals surface area contributed by atoms with E-state index in [1.54, 1.807) is 0 Å². The maximum atomic E-state index is 9.43. The van der Waals surface area contributed by atoms with Crippen molar-refractivity contribution in [1.29, 1.82) is 0 Å². The van der Waals surface area contributed by atoms with Gasteiger partial charge in [-0.3, -0.25) is 0 Å². The highest BCUT2D eigenvalue weighted by Crippen LogP contribution is 2.41. The summed E-state index contributed by atoms with van der Waals surface area (Å²) in [6.45, 7) is 0. The summed E-state index contributed by atoms with van der Waals surface area (Å²) >= 11 is 0. The van der Waals surface area contributed by atoms with E-state index >= 15 is 0 Å². The molecule has 2 fully saturated rings. The molecule has 0 aliphatic heterocycles. The first kappa shape index (κ1) is 12.2. The fraction of sp³-hybridized carbons (Fsp3) is 0.600. The largest absolute Gasteiger partial charge is 0.488 e. The lowest BCUT2D eigenvalue weighted by atomic mass is 9.75. The molecule has 2 aliphatic carbocycles. The topological polar surface area (TPSA) is 40.5 Å². The van der Waals surface area contributed by atoms with E-state index in [0.717, 1.165) is 0 Å². The van der Waals surface area contributed by atoms with Gasteiger partial charge in [-0.2, -0.15) is 0 Å². The molecule has 3 rings (SSSR count). The Bertz CT molecular complexity index is 400. The number of benzene rings is 1. The minimum Gasteiger partial charge on any atom is -0.423 e. The minimum absolute atomic E-state index is 0.634. The van der Waals surface area contributed by atoms with E-state index in [9.17, 15) is 10.0 Å². The van der Waals surface area contributed by atoms with Crippen LogP contribution in [0.1, 0.15) is 67.9 Å². The van der Waals surface area contributed by atoms with Crippen molar-refractivity contribution in [2.24, 2.45) is 0 Å². The highest BCUT2D eigenvalue weighted by molar-refractivity contribution is 6.58. The smallest absolute Gasteiger partial charge is 0.423 e. The summed E-state index contributed by atoms with van der Waals surface area (Å²) < 4.78 is 0. The van der Waals surface area contributed by atoms with Crippen molar-refractivity contribution in [3.63, 3.8) is 0 Å². The zero-order valence-electron chi connectivity index (χ0n) is 10.8. The van der Waals surface area contributed by atoms with Crippen LogP contribution in [0.4, 0.5) is 0 Å². The van der Waals surface area contributed by atoms with E-state index < -0.39 is 7.12 Å². The van der Waals surface area contributed by atoms with E-state index in [4.69, 9.17) is 0 Å². The van der Waals surface area contributed by atoms with Crippen LogP contribution >= 0.6 is 0 Å². The van der Waals surface area contributed by atoms with Gasteiger partial charge >= 0.3 is 7.12 Å². The van der Waals surface area contributed by atoms with E-state index in [1.807, 2.05) is 12.1 Å². The quantitative estimate of drug-likeness (QED) is 0.801. The lowest BCUT2D eigenvalue weighted by Crippen LogP contribution is -2.30. The Balaban J connectivity index is 1.91. The first-order chi connectivity index (χ1) is 8.74. The molecule has 0 unspecified atom stereocenters. The summed E-state index contributed by atoms with van der Waals surface area (Å²) in [4.78, 5) is 0. The maximum absolute atomic E-state index is 9.43. The third kappa shape index (κ3) is 2.62. The number of rotatable bonds is 3. The van der Waals surface area contributed by atoms with Gasteiger partial charge in [-0.25, -0.2) is 0 Å². The molecule has 2 N–H and O–H groups in total. The second-order valence-corrected chi connectivity index (χ2v) is 5.92. The molecule has 0 bridgehead atoms. The molecule has 0 aromatic heterocycles. The van der Waals surface area contributed by atoms with Crippen LogP contribution in [0.2, 0.25) is 0 Å². The van der Waals surface area contributed by atoms with Gasteiger partial charge in [0.1, 0.15) is 0 Å². The van der Waals surface area contributed by atoms with Gasteiger partial charge in [-0.1, -0.05) is 37.5 Å². The van der Waals surface area contributed by atoms with Crippen molar-refractivity contribution in [3.05, 3.63) is 29.3 Å². The van der Waals surface area contributed by atoms with Crippen LogP contribution in [0.15, 0.2) is 18.2 Å². The molecular weight excluding hydrogens is 223 g/mol. The minimum atomic E-state index is -1.33. The zero-order chi connectivity index (χ0) is 12.5. The third-order valence-electron chi connectivity index (χ3n) is 4.42. The molecule has 0 heterocycles. The summed E-state index contributed by atoms with van der Waals surface area (Å²) in [6, 6.07) is 6.31. The molecule has 18 heavy (non-hydrogen) atoms. The highest BCUT2D eigenvalue weighted by atomic mass is 16.4. The Kier molecular flexibility index (Phi) is 3.44. The lowest BCUT2D eigenvalue weighted by molar-refractivity contribution is 0.425. The summed E-state index contributed by atoms with van der Waals surface area (Å²) in [5, 5.41) is 18.9. The standard InChI is InChI=1S/C15H21BO2/c17-16(18)15-9-13(11-4-2-1-3-5-11)8-14(10-15)12-6-7-12/h8-12,17-18H,1-7H2. The Morgan fingerprint density at radius 2 is 1.33 bits per heavy atom. The molecule has 3 heteroatoms. The molecule has 0 saturated heterocycles. The van der Waals surface area contributed by atoms with Gasteiger partial charge in [0, 0.05) is 0 Å². The van der Waals surface area contributed by atoms with Gasteiger partial charge in [0.2, 0.25) is 0 Å². The number of hydrogen-bond donors (Lipinski definition) is 2. The van der Waals surface area contributed by atoms with Gasteiger partial charge in [-0.15, -0.1) is 0 Å². The van der Waals surface area contributed by atoms with E-state index in [-0.39, 0.29) is 0 Å². The molecule has 0 atom stereocenters. The van der Waals surface area contributed by atoms with Crippen molar-refractivity contribution in [2.75, 3.05) is 0 Å². The van der Waals surface area contributed by atoms with Gasteiger partial charge in [-0.05, 0) is 54.1 Å². The average Bonchev–Trinajstić information content (AvgIpc) is 3.23. The Morgan fingerprint density at radius 1 is 0.778 bits per heavy atom. The normalized spacial score (nSPS) is 21.0. The van der Waals surface area contributed by atoms with Gasteiger partial charge in [0.25, 0.3) is 0 Å². The van der Waals surface area contributed by atoms with Crippen molar-refractivity contribution in [3.8, 4) is 0 Å². The Labute approximate surface area is 109 Å². The zero-order valence-corrected chi connectivity index (χ0v) is 10.8. The van der Waals surface area contributed by atoms with Crippen molar-refractivity contribution >= 4 is 12.6 Å². The number of hydrogen-bond acceptors (Lipinski definition) is 2. The van der Waals surface area contributed by atoms with Crippen LogP contribution < -0.4 is 5.46 Å². The van der Waals surface area contributed by atoms with Gasteiger partial charge in [0.05, 0.1) is 0 Å². The first-order valence-electron chi connectivity index (χ1n) is 7.25. The summed E-state index contributed by atoms with van der Waals surface area (Å²) in [5.74, 6) is 1.31. The van der Waals surface area contributed by atoms with Crippen LogP contribution in [0, 0.1) is 0 Å². The van der Waals surface area contributed by atoms with Crippen LogP contribution in [0.3, 0.4) is 0 Å². The summed E-state index contributed by atoms with van der Waals surface area (Å²) in [6.07, 6.45) is 9.02. The van der Waals surface area contributed by atoms with E-state index in [2.05, 4.69) is 6.07 Å². The molecule has 0 spiro atoms. The van der Waals surface area contributed by atoms with Gasteiger partial charge in [0.15, 0.2) is 0 Å². The van der Waals surface area contributed by atoms with Crippen molar-refractivity contribution in [1.82, 2.24) is 0 Å². The SMILES string of the molecule is OB(O)c1cc(C2CCCCC2)cc(C2CC2)c1. The predicted octanol–water partition coefficient (Wildman–Crippen LogP) is 2.29. The molecule has 2 aliphatic rings. The lowest BCUT2D eigenvalue weighted by Gasteiger charge is -2.23. The summed E-state index contributed by atoms with van der Waals surface area (Å²) in [5.41, 5.74) is 3.34. The Hall–Kier alpha value is -0.795. The average molecular weight is 244 g/mol. The highest BCUT2D eigenvalue weighted by Gasteiger charge is 2.27. The van der Waals surface area contributed by atoms with Crippen LogP contribution in [-0.4, -0.2) is 17.2 Å². The fourth-order valence-electron chi connectivity index (χ4n) is 3.18. The molecule has 2 saturated carbocycles. The van der Waals surface area contributed by atoms with E-state index in [0.29, 0.717) is 17.3 Å². The molecule has 1 aromatic carbocycles. The van der Waals surface area contributed by atoms with Crippen LogP contribution in [0.25, 0.3) is 0 Å². The second-order valence-electron chi connectivity index (χ2n) is 5.92. The molecule has 0 radical (unpaired) electrons. The van der Waals surface area contributed by atoms with Gasteiger partial charge < -0.3 is 10.0 Å². The molecule has 1 aromatic rings. The molecular formula is C15H21BO2. The third-order valence-corrected chi connectivity index (χ3v) is 4.42. The summed E-state index contributed by atoms with van der Waals surface area (Å²) in [7, 11) is -1.33. The molecule has 2 nitrogen and oxygen atoms in total. The monoisotopic (exact) mass is 244 g/mol. The van der Waals surface area contributed by atoms with Crippen molar-refractivity contribution in [2.45, 2.75) is 56.8 Å². The van der Waals surface area contributed by atoms with E-state index in [1.165, 1.54) is 56.1 Å². The van der Waals surface area contributed by atoms with Crippen molar-refractivity contribution < 1.29 is 10.0 Å². The molecule has 96 valence electrons. The van der Waals surface area contributed by atoms with Crippen LogP contribution in [-0.2, 0) is 0 Å². The van der Waals surface area contributed by atoms with Crippen LogP contribution in [0.5, 0.6) is 0 Å². The fourth-order valence-corrected chi connectivity index (χ4v) is 3.18.